The lowest BCUT2D eigenvalue weighted by atomic mass is 10.1. The summed E-state index contributed by atoms with van der Waals surface area (Å²) in [6.07, 6.45) is 2.58. The predicted molar refractivity (Wildman–Crippen MR) is 108 cm³/mol. The van der Waals surface area contributed by atoms with Crippen LogP contribution in [0.15, 0.2) is 65.7 Å². The van der Waals surface area contributed by atoms with E-state index in [1.54, 1.807) is 18.2 Å². The fourth-order valence-electron chi connectivity index (χ4n) is 2.48. The number of benzene rings is 2. The number of pyridine rings is 1. The zero-order valence-corrected chi connectivity index (χ0v) is 16.6. The monoisotopic (exact) mass is 396 g/mol. The van der Waals surface area contributed by atoms with Gasteiger partial charge < -0.3 is 10.1 Å². The molecule has 1 aromatic heterocycles. The van der Waals surface area contributed by atoms with Crippen LogP contribution >= 0.6 is 0 Å². The SMILES string of the molecule is Cc1ccc(Oc2ccc(NC(=O)c3cccc(S(C)(=O)=O)c3)cn2)cc1C. The van der Waals surface area contributed by atoms with Crippen LogP contribution in [0, 0.1) is 13.8 Å². The highest BCUT2D eigenvalue weighted by Crippen LogP contribution is 2.23. The average molecular weight is 396 g/mol. The highest BCUT2D eigenvalue weighted by molar-refractivity contribution is 7.90. The molecule has 6 nitrogen and oxygen atoms in total. The quantitative estimate of drug-likeness (QED) is 0.700. The molecule has 0 spiro atoms. The van der Waals surface area contributed by atoms with E-state index in [0.717, 1.165) is 11.8 Å². The number of hydrogen-bond acceptors (Lipinski definition) is 5. The molecule has 0 aliphatic carbocycles. The first-order valence-electron chi connectivity index (χ1n) is 8.55. The van der Waals surface area contributed by atoms with Crippen molar-refractivity contribution in [3.05, 3.63) is 77.5 Å². The average Bonchev–Trinajstić information content (AvgIpc) is 2.66. The van der Waals surface area contributed by atoms with Crippen molar-refractivity contribution in [2.45, 2.75) is 18.7 Å². The molecule has 0 aliphatic rings. The van der Waals surface area contributed by atoms with Gasteiger partial charge in [0.25, 0.3) is 5.91 Å². The van der Waals surface area contributed by atoms with Crippen LogP contribution in [0.4, 0.5) is 5.69 Å². The van der Waals surface area contributed by atoms with Crippen LogP contribution in [0.3, 0.4) is 0 Å². The highest BCUT2D eigenvalue weighted by Gasteiger charge is 2.12. The molecule has 0 fully saturated rings. The molecule has 3 aromatic rings. The normalized spacial score (nSPS) is 11.1. The number of sulfone groups is 1. The number of carbonyl (C=O) groups is 1. The van der Waals surface area contributed by atoms with Gasteiger partial charge in [-0.25, -0.2) is 13.4 Å². The van der Waals surface area contributed by atoms with Gasteiger partial charge in [0.15, 0.2) is 9.84 Å². The summed E-state index contributed by atoms with van der Waals surface area (Å²) in [5.41, 5.74) is 3.02. The van der Waals surface area contributed by atoms with E-state index in [-0.39, 0.29) is 10.5 Å². The van der Waals surface area contributed by atoms with E-state index in [4.69, 9.17) is 4.74 Å². The summed E-state index contributed by atoms with van der Waals surface area (Å²) in [5.74, 6) is 0.667. The minimum absolute atomic E-state index is 0.0930. The molecule has 1 N–H and O–H groups in total. The van der Waals surface area contributed by atoms with Gasteiger partial charge in [0.1, 0.15) is 5.75 Å². The Bertz CT molecular complexity index is 1120. The lowest BCUT2D eigenvalue weighted by molar-refractivity contribution is 0.102. The van der Waals surface area contributed by atoms with Crippen LogP contribution in [-0.4, -0.2) is 25.6 Å². The number of amides is 1. The van der Waals surface area contributed by atoms with Gasteiger partial charge in [-0.15, -0.1) is 0 Å². The largest absolute Gasteiger partial charge is 0.439 e. The van der Waals surface area contributed by atoms with Crippen molar-refractivity contribution in [1.82, 2.24) is 4.98 Å². The Hall–Kier alpha value is -3.19. The maximum Gasteiger partial charge on any atom is 0.255 e. The number of anilines is 1. The fourth-order valence-corrected chi connectivity index (χ4v) is 3.15. The van der Waals surface area contributed by atoms with Gasteiger partial charge in [-0.1, -0.05) is 12.1 Å². The van der Waals surface area contributed by atoms with Crippen molar-refractivity contribution in [2.75, 3.05) is 11.6 Å². The molecule has 7 heteroatoms. The molecule has 3 rings (SSSR count). The first-order chi connectivity index (χ1) is 13.2. The van der Waals surface area contributed by atoms with Gasteiger partial charge in [0.2, 0.25) is 5.88 Å². The van der Waals surface area contributed by atoms with E-state index in [0.29, 0.717) is 17.3 Å². The Morgan fingerprint density at radius 1 is 1.00 bits per heavy atom. The van der Waals surface area contributed by atoms with Crippen molar-refractivity contribution in [1.29, 1.82) is 0 Å². The lowest BCUT2D eigenvalue weighted by Crippen LogP contribution is -2.12. The number of aromatic nitrogens is 1. The molecule has 144 valence electrons. The van der Waals surface area contributed by atoms with Gasteiger partial charge >= 0.3 is 0 Å². The summed E-state index contributed by atoms with van der Waals surface area (Å²) in [6.45, 7) is 4.04. The van der Waals surface area contributed by atoms with Gasteiger partial charge in [0.05, 0.1) is 16.8 Å². The van der Waals surface area contributed by atoms with Crippen molar-refractivity contribution in [2.24, 2.45) is 0 Å². The molecule has 1 amide bonds. The standard InChI is InChI=1S/C21H20N2O4S/c1-14-7-9-18(11-15(14)2)27-20-10-8-17(13-22-20)23-21(24)16-5-4-6-19(12-16)28(3,25)26/h4-13H,1-3H3,(H,23,24). The molecule has 1 heterocycles. The maximum absolute atomic E-state index is 12.4. The van der Waals surface area contributed by atoms with Crippen molar-refractivity contribution in [3.8, 4) is 11.6 Å². The summed E-state index contributed by atoms with van der Waals surface area (Å²) in [7, 11) is -3.38. The molecule has 0 unspecified atom stereocenters. The third kappa shape index (κ3) is 4.75. The summed E-state index contributed by atoms with van der Waals surface area (Å²) in [4.78, 5) is 16.7. The summed E-state index contributed by atoms with van der Waals surface area (Å²) >= 11 is 0. The molecule has 0 aliphatic heterocycles. The Morgan fingerprint density at radius 3 is 2.43 bits per heavy atom. The van der Waals surface area contributed by atoms with Crippen molar-refractivity contribution < 1.29 is 17.9 Å². The Morgan fingerprint density at radius 2 is 1.79 bits per heavy atom. The molecule has 0 saturated heterocycles. The van der Waals surface area contributed by atoms with Crippen LogP contribution in [0.25, 0.3) is 0 Å². The predicted octanol–water partition coefficient (Wildman–Crippen LogP) is 4.15. The smallest absolute Gasteiger partial charge is 0.255 e. The van der Waals surface area contributed by atoms with E-state index in [2.05, 4.69) is 10.3 Å². The molecular formula is C21H20N2O4S. The van der Waals surface area contributed by atoms with Crippen LogP contribution < -0.4 is 10.1 Å². The minimum Gasteiger partial charge on any atom is -0.439 e. The molecule has 0 atom stereocenters. The Kier molecular flexibility index (Phi) is 5.46. The van der Waals surface area contributed by atoms with E-state index in [1.807, 2.05) is 32.0 Å². The number of aryl methyl sites for hydroxylation is 2. The van der Waals surface area contributed by atoms with Crippen LogP contribution in [0.2, 0.25) is 0 Å². The zero-order chi connectivity index (χ0) is 20.3. The topological polar surface area (TPSA) is 85.4 Å². The third-order valence-corrected chi connectivity index (χ3v) is 5.33. The number of nitrogens with one attached hydrogen (secondary N) is 1. The number of nitrogens with zero attached hydrogens (tertiary/aromatic N) is 1. The van der Waals surface area contributed by atoms with E-state index in [9.17, 15) is 13.2 Å². The minimum atomic E-state index is -3.38. The first-order valence-corrected chi connectivity index (χ1v) is 10.4. The summed E-state index contributed by atoms with van der Waals surface area (Å²) in [6, 6.07) is 15.0. The third-order valence-electron chi connectivity index (χ3n) is 4.22. The van der Waals surface area contributed by atoms with Gasteiger partial charge in [-0.3, -0.25) is 4.79 Å². The molecule has 0 radical (unpaired) electrons. The zero-order valence-electron chi connectivity index (χ0n) is 15.8. The number of hydrogen-bond donors (Lipinski definition) is 1. The first kappa shape index (κ1) is 19.6. The fraction of sp³-hybridized carbons (Fsp3) is 0.143. The van der Waals surface area contributed by atoms with Crippen LogP contribution in [0.5, 0.6) is 11.6 Å². The van der Waals surface area contributed by atoms with Gasteiger partial charge in [-0.2, -0.15) is 0 Å². The number of ether oxygens (including phenoxy) is 1. The Labute approximate surface area is 164 Å². The van der Waals surface area contributed by atoms with Crippen LogP contribution in [0.1, 0.15) is 21.5 Å². The van der Waals surface area contributed by atoms with E-state index >= 15 is 0 Å². The lowest BCUT2D eigenvalue weighted by Gasteiger charge is -2.09. The summed E-state index contributed by atoms with van der Waals surface area (Å²) in [5, 5.41) is 2.69. The van der Waals surface area contributed by atoms with E-state index < -0.39 is 15.7 Å². The Balaban J connectivity index is 1.70. The van der Waals surface area contributed by atoms with E-state index in [1.165, 1.54) is 30.0 Å². The van der Waals surface area contributed by atoms with Crippen molar-refractivity contribution >= 4 is 21.4 Å². The molecule has 2 aromatic carbocycles. The van der Waals surface area contributed by atoms with Gasteiger partial charge in [-0.05, 0) is 61.4 Å². The van der Waals surface area contributed by atoms with Gasteiger partial charge in [0, 0.05) is 17.9 Å². The molecular weight excluding hydrogens is 376 g/mol. The molecule has 28 heavy (non-hydrogen) atoms. The highest BCUT2D eigenvalue weighted by atomic mass is 32.2. The second-order valence-corrected chi connectivity index (χ2v) is 8.50. The van der Waals surface area contributed by atoms with Crippen molar-refractivity contribution in [3.63, 3.8) is 0 Å². The molecule has 0 saturated carbocycles. The second-order valence-electron chi connectivity index (χ2n) is 6.49. The second kappa shape index (κ2) is 7.82. The molecule has 0 bridgehead atoms. The number of carbonyl (C=O) groups excluding carboxylic acids is 1. The summed E-state index contributed by atoms with van der Waals surface area (Å²) < 4.78 is 29.0. The van der Waals surface area contributed by atoms with Crippen LogP contribution in [-0.2, 0) is 9.84 Å². The number of rotatable bonds is 5. The maximum atomic E-state index is 12.4.